The fraction of sp³-hybridized carbons (Fsp3) is 0. The van der Waals surface area contributed by atoms with Crippen LogP contribution in [0.4, 0.5) is 0 Å². The highest BCUT2D eigenvalue weighted by Gasteiger charge is 2.20. The molecule has 224 valence electrons. The Hall–Kier alpha value is -6.59. The van der Waals surface area contributed by atoms with Crippen LogP contribution >= 0.6 is 0 Å². The predicted molar refractivity (Wildman–Crippen MR) is 194 cm³/mol. The van der Waals surface area contributed by atoms with Gasteiger partial charge in [-0.1, -0.05) is 115 Å². The van der Waals surface area contributed by atoms with Gasteiger partial charge in [-0.15, -0.1) is 0 Å². The van der Waals surface area contributed by atoms with Gasteiger partial charge in [-0.3, -0.25) is 0 Å². The lowest BCUT2D eigenvalue weighted by molar-refractivity contribution is 0.669. The highest BCUT2D eigenvalue weighted by molar-refractivity contribution is 6.19. The summed E-state index contributed by atoms with van der Waals surface area (Å²) in [5, 5.41) is 6.23. The van der Waals surface area contributed by atoms with Gasteiger partial charge in [-0.2, -0.15) is 0 Å². The van der Waals surface area contributed by atoms with E-state index in [1.165, 1.54) is 0 Å². The molecule has 0 spiro atoms. The topological polar surface area (TPSA) is 65.0 Å². The Morgan fingerprint density at radius 3 is 1.65 bits per heavy atom. The maximum atomic E-state index is 6.61. The highest BCUT2D eigenvalue weighted by atomic mass is 16.3. The maximum absolute atomic E-state index is 6.61. The molecule has 0 fully saturated rings. The molecule has 0 N–H and O–H groups in total. The van der Waals surface area contributed by atoms with E-state index in [9.17, 15) is 0 Å². The van der Waals surface area contributed by atoms with E-state index < -0.39 is 0 Å². The lowest BCUT2D eigenvalue weighted by Gasteiger charge is -2.11. The van der Waals surface area contributed by atoms with Crippen LogP contribution in [0.25, 0.3) is 99.9 Å². The molecule has 0 bridgehead atoms. The quantitative estimate of drug-likeness (QED) is 0.197. The summed E-state index contributed by atoms with van der Waals surface area (Å²) in [6.07, 6.45) is 0. The molecule has 0 saturated carbocycles. The number of furan rings is 2. The van der Waals surface area contributed by atoms with Gasteiger partial charge in [0.25, 0.3) is 0 Å². The zero-order valence-corrected chi connectivity index (χ0v) is 25.6. The van der Waals surface area contributed by atoms with Gasteiger partial charge in [0.05, 0.1) is 0 Å². The molecule has 3 aromatic heterocycles. The van der Waals surface area contributed by atoms with Crippen molar-refractivity contribution in [3.05, 3.63) is 152 Å². The maximum Gasteiger partial charge on any atom is 0.164 e. The number of nitrogens with zero attached hydrogens (tertiary/aromatic N) is 3. The van der Waals surface area contributed by atoms with Crippen molar-refractivity contribution < 1.29 is 8.83 Å². The van der Waals surface area contributed by atoms with Crippen molar-refractivity contribution in [1.29, 1.82) is 0 Å². The van der Waals surface area contributed by atoms with Crippen molar-refractivity contribution >= 4 is 54.6 Å². The van der Waals surface area contributed by atoms with Gasteiger partial charge in [0.15, 0.2) is 17.5 Å². The highest BCUT2D eigenvalue weighted by Crippen LogP contribution is 2.41. The third kappa shape index (κ3) is 4.22. The molecular weight excluding hydrogens is 590 g/mol. The number of para-hydroxylation sites is 1. The molecule has 0 saturated heterocycles. The zero-order valence-electron chi connectivity index (χ0n) is 25.6. The third-order valence-electron chi connectivity index (χ3n) is 9.13. The van der Waals surface area contributed by atoms with Crippen LogP contribution in [0.2, 0.25) is 0 Å². The van der Waals surface area contributed by atoms with Crippen molar-refractivity contribution in [2.45, 2.75) is 0 Å². The van der Waals surface area contributed by atoms with Gasteiger partial charge < -0.3 is 8.83 Å². The Morgan fingerprint density at radius 1 is 0.312 bits per heavy atom. The van der Waals surface area contributed by atoms with Gasteiger partial charge in [-0.05, 0) is 52.9 Å². The number of benzene rings is 7. The summed E-state index contributed by atoms with van der Waals surface area (Å²) in [6.45, 7) is 0. The lowest BCUT2D eigenvalue weighted by atomic mass is 9.98. The Kier molecular flexibility index (Phi) is 5.81. The minimum atomic E-state index is 0.579. The van der Waals surface area contributed by atoms with E-state index in [0.29, 0.717) is 17.5 Å². The molecule has 0 atom stereocenters. The SMILES string of the molecule is c1ccc(-c2ccc3c(c2)oc2c4ccccc4c(-c4nc(-c5ccccc5)nc(-c5ccc6c(c5)oc5ccccc56)n4)cc32)cc1. The fourth-order valence-corrected chi connectivity index (χ4v) is 6.80. The Balaban J connectivity index is 1.21. The first kappa shape index (κ1) is 26.6. The third-order valence-corrected chi connectivity index (χ3v) is 9.13. The molecule has 0 radical (unpaired) electrons. The van der Waals surface area contributed by atoms with E-state index in [1.807, 2.05) is 72.8 Å². The summed E-state index contributed by atoms with van der Waals surface area (Å²) >= 11 is 0. The number of hydrogen-bond acceptors (Lipinski definition) is 5. The molecule has 0 amide bonds. The average molecular weight is 616 g/mol. The molecule has 10 aromatic rings. The molecule has 7 aromatic carbocycles. The number of fused-ring (bicyclic) bond motifs is 8. The molecule has 48 heavy (non-hydrogen) atoms. The second kappa shape index (κ2) is 10.5. The van der Waals surface area contributed by atoms with Crippen LogP contribution in [0.5, 0.6) is 0 Å². The summed E-state index contributed by atoms with van der Waals surface area (Å²) in [6, 6.07) is 51.6. The van der Waals surface area contributed by atoms with Crippen LogP contribution < -0.4 is 0 Å². The molecule has 0 unspecified atom stereocenters. The van der Waals surface area contributed by atoms with Gasteiger partial charge >= 0.3 is 0 Å². The second-order valence-electron chi connectivity index (χ2n) is 12.0. The van der Waals surface area contributed by atoms with E-state index in [2.05, 4.69) is 78.9 Å². The first-order valence-corrected chi connectivity index (χ1v) is 15.9. The molecule has 0 aliphatic rings. The van der Waals surface area contributed by atoms with Crippen molar-refractivity contribution in [3.63, 3.8) is 0 Å². The zero-order chi connectivity index (χ0) is 31.6. The normalized spacial score (nSPS) is 11.8. The summed E-state index contributed by atoms with van der Waals surface area (Å²) in [4.78, 5) is 15.2. The summed E-state index contributed by atoms with van der Waals surface area (Å²) in [5.74, 6) is 1.78. The number of aromatic nitrogens is 3. The summed E-state index contributed by atoms with van der Waals surface area (Å²) in [7, 11) is 0. The Bertz CT molecular complexity index is 2840. The predicted octanol–water partition coefficient (Wildman–Crippen LogP) is 11.5. The summed E-state index contributed by atoms with van der Waals surface area (Å²) in [5.41, 5.74) is 8.29. The van der Waals surface area contributed by atoms with E-state index in [4.69, 9.17) is 23.8 Å². The van der Waals surface area contributed by atoms with Gasteiger partial charge in [0, 0.05) is 43.6 Å². The number of hydrogen-bond donors (Lipinski definition) is 0. The minimum absolute atomic E-state index is 0.579. The molecule has 5 nitrogen and oxygen atoms in total. The van der Waals surface area contributed by atoms with Crippen molar-refractivity contribution in [3.8, 4) is 45.3 Å². The number of rotatable bonds is 4. The standard InChI is InChI=1S/C43H25N3O2/c1-3-11-26(12-4-1)28-19-21-33-35-25-36(30-15-7-8-17-34(30)40(35)48-39(33)23-28)43-45-41(27-13-5-2-6-14-27)44-42(46-43)29-20-22-32-31-16-9-10-18-37(31)47-38(32)24-29/h1-25H. The Labute approximate surface area is 274 Å². The van der Waals surface area contributed by atoms with Crippen LogP contribution in [0.15, 0.2) is 160 Å². The van der Waals surface area contributed by atoms with Crippen LogP contribution in [0.1, 0.15) is 0 Å². The van der Waals surface area contributed by atoms with Crippen LogP contribution in [-0.2, 0) is 0 Å². The molecule has 5 heteroatoms. The van der Waals surface area contributed by atoms with Crippen molar-refractivity contribution in [2.24, 2.45) is 0 Å². The molecule has 3 heterocycles. The largest absolute Gasteiger partial charge is 0.456 e. The first-order chi connectivity index (χ1) is 23.8. The van der Waals surface area contributed by atoms with E-state index in [0.717, 1.165) is 82.5 Å². The molecule has 10 rings (SSSR count). The summed E-state index contributed by atoms with van der Waals surface area (Å²) < 4.78 is 12.8. The van der Waals surface area contributed by atoms with E-state index >= 15 is 0 Å². The molecule has 0 aliphatic carbocycles. The van der Waals surface area contributed by atoms with Gasteiger partial charge in [-0.25, -0.2) is 15.0 Å². The monoisotopic (exact) mass is 615 g/mol. The van der Waals surface area contributed by atoms with Crippen molar-refractivity contribution in [1.82, 2.24) is 15.0 Å². The Morgan fingerprint density at radius 2 is 0.854 bits per heavy atom. The van der Waals surface area contributed by atoms with Crippen LogP contribution in [-0.4, -0.2) is 15.0 Å². The van der Waals surface area contributed by atoms with Crippen LogP contribution in [0, 0.1) is 0 Å². The van der Waals surface area contributed by atoms with Crippen LogP contribution in [0.3, 0.4) is 0 Å². The van der Waals surface area contributed by atoms with Gasteiger partial charge in [0.1, 0.15) is 22.3 Å². The fourth-order valence-electron chi connectivity index (χ4n) is 6.80. The molecule has 0 aliphatic heterocycles. The first-order valence-electron chi connectivity index (χ1n) is 15.9. The van der Waals surface area contributed by atoms with E-state index in [-0.39, 0.29) is 0 Å². The van der Waals surface area contributed by atoms with Gasteiger partial charge in [0.2, 0.25) is 0 Å². The smallest absolute Gasteiger partial charge is 0.164 e. The lowest BCUT2D eigenvalue weighted by Crippen LogP contribution is -2.00. The molecular formula is C43H25N3O2. The van der Waals surface area contributed by atoms with E-state index in [1.54, 1.807) is 0 Å². The average Bonchev–Trinajstić information content (AvgIpc) is 3.72. The van der Waals surface area contributed by atoms with Crippen molar-refractivity contribution in [2.75, 3.05) is 0 Å². The second-order valence-corrected chi connectivity index (χ2v) is 12.0. The minimum Gasteiger partial charge on any atom is -0.456 e.